The molecule has 0 amide bonds. The lowest BCUT2D eigenvalue weighted by atomic mass is 10.1. The third kappa shape index (κ3) is 2.32. The van der Waals surface area contributed by atoms with Crippen molar-refractivity contribution in [2.24, 2.45) is 5.84 Å². The summed E-state index contributed by atoms with van der Waals surface area (Å²) in [6.45, 7) is 0. The van der Waals surface area contributed by atoms with Gasteiger partial charge in [-0.05, 0) is 12.1 Å². The molecule has 5 nitrogen and oxygen atoms in total. The molecule has 6 heteroatoms. The minimum Gasteiger partial charge on any atom is -0.497 e. The molecule has 0 unspecified atom stereocenters. The Hall–Kier alpha value is -1.79. The number of nitrogens with two attached hydrogens (primary N) is 1. The molecule has 0 fully saturated rings. The second kappa shape index (κ2) is 5.03. The standard InChI is InChI=1S/C11H13N3O2S/c1-15-7-3-4-8(10(5-7)16-2)9-6-17-11(13-9)14-12/h3-6H,12H2,1-2H3,(H,13,14). The van der Waals surface area contributed by atoms with Gasteiger partial charge in [0.2, 0.25) is 0 Å². The number of anilines is 1. The lowest BCUT2D eigenvalue weighted by molar-refractivity contribution is 0.395. The third-order valence-electron chi connectivity index (χ3n) is 2.31. The molecule has 1 heterocycles. The van der Waals surface area contributed by atoms with E-state index in [-0.39, 0.29) is 0 Å². The molecule has 0 spiro atoms. The fourth-order valence-corrected chi connectivity index (χ4v) is 2.10. The molecule has 0 atom stereocenters. The Labute approximate surface area is 103 Å². The van der Waals surface area contributed by atoms with Crippen molar-refractivity contribution in [2.75, 3.05) is 19.6 Å². The Balaban J connectivity index is 2.43. The average molecular weight is 251 g/mol. The zero-order valence-corrected chi connectivity index (χ0v) is 10.4. The summed E-state index contributed by atoms with van der Waals surface area (Å²) in [5.41, 5.74) is 4.25. The minimum absolute atomic E-state index is 0.665. The number of aromatic nitrogens is 1. The highest BCUT2D eigenvalue weighted by molar-refractivity contribution is 7.14. The van der Waals surface area contributed by atoms with Gasteiger partial charge in [0.05, 0.1) is 19.9 Å². The van der Waals surface area contributed by atoms with Gasteiger partial charge in [-0.25, -0.2) is 10.8 Å². The number of ether oxygens (including phenoxy) is 2. The zero-order chi connectivity index (χ0) is 12.3. The third-order valence-corrected chi connectivity index (χ3v) is 3.09. The maximum Gasteiger partial charge on any atom is 0.197 e. The van der Waals surface area contributed by atoms with Crippen LogP contribution in [0.2, 0.25) is 0 Å². The number of methoxy groups -OCH3 is 2. The van der Waals surface area contributed by atoms with Crippen molar-refractivity contribution < 1.29 is 9.47 Å². The lowest BCUT2D eigenvalue weighted by Crippen LogP contribution is -2.05. The van der Waals surface area contributed by atoms with E-state index >= 15 is 0 Å². The van der Waals surface area contributed by atoms with Gasteiger partial charge < -0.3 is 9.47 Å². The van der Waals surface area contributed by atoms with E-state index in [1.807, 2.05) is 23.6 Å². The van der Waals surface area contributed by atoms with Crippen LogP contribution in [0.25, 0.3) is 11.3 Å². The minimum atomic E-state index is 0.665. The molecule has 1 aromatic carbocycles. The Bertz CT molecular complexity index is 513. The maximum absolute atomic E-state index is 5.32. The average Bonchev–Trinajstić information content (AvgIpc) is 2.86. The normalized spacial score (nSPS) is 10.1. The van der Waals surface area contributed by atoms with E-state index in [9.17, 15) is 0 Å². The van der Waals surface area contributed by atoms with Crippen molar-refractivity contribution in [3.8, 4) is 22.8 Å². The number of nitrogens with zero attached hydrogens (tertiary/aromatic N) is 1. The highest BCUT2D eigenvalue weighted by Crippen LogP contribution is 2.34. The summed E-state index contributed by atoms with van der Waals surface area (Å²) in [5, 5.41) is 2.58. The van der Waals surface area contributed by atoms with Gasteiger partial charge in [0.25, 0.3) is 0 Å². The van der Waals surface area contributed by atoms with Gasteiger partial charge in [-0.3, -0.25) is 5.43 Å². The van der Waals surface area contributed by atoms with E-state index in [0.717, 1.165) is 22.8 Å². The fourth-order valence-electron chi connectivity index (χ4n) is 1.47. The van der Waals surface area contributed by atoms with Gasteiger partial charge in [0.1, 0.15) is 11.5 Å². The van der Waals surface area contributed by atoms with Crippen LogP contribution < -0.4 is 20.7 Å². The number of nitrogen functional groups attached to an aromatic ring is 1. The van der Waals surface area contributed by atoms with Crippen molar-refractivity contribution in [3.05, 3.63) is 23.6 Å². The Morgan fingerprint density at radius 2 is 2.12 bits per heavy atom. The molecule has 2 aromatic rings. The number of benzene rings is 1. The summed E-state index contributed by atoms with van der Waals surface area (Å²) in [6, 6.07) is 5.60. The van der Waals surface area contributed by atoms with Gasteiger partial charge >= 0.3 is 0 Å². The first-order valence-corrected chi connectivity index (χ1v) is 5.81. The first kappa shape index (κ1) is 11.7. The van der Waals surface area contributed by atoms with E-state index in [1.165, 1.54) is 11.3 Å². The molecule has 0 saturated carbocycles. The second-order valence-electron chi connectivity index (χ2n) is 3.25. The monoisotopic (exact) mass is 251 g/mol. The predicted octanol–water partition coefficient (Wildman–Crippen LogP) is 2.11. The number of hydrogen-bond donors (Lipinski definition) is 2. The molecule has 3 N–H and O–H groups in total. The van der Waals surface area contributed by atoms with Crippen LogP contribution in [0.3, 0.4) is 0 Å². The first-order valence-electron chi connectivity index (χ1n) is 4.93. The van der Waals surface area contributed by atoms with E-state index < -0.39 is 0 Å². The zero-order valence-electron chi connectivity index (χ0n) is 9.56. The quantitative estimate of drug-likeness (QED) is 0.643. The summed E-state index contributed by atoms with van der Waals surface area (Å²) in [7, 11) is 3.24. The van der Waals surface area contributed by atoms with Crippen LogP contribution in [-0.4, -0.2) is 19.2 Å². The Morgan fingerprint density at radius 1 is 1.29 bits per heavy atom. The van der Waals surface area contributed by atoms with Gasteiger partial charge in [0, 0.05) is 17.0 Å². The molecule has 0 aliphatic carbocycles. The highest BCUT2D eigenvalue weighted by atomic mass is 32.1. The van der Waals surface area contributed by atoms with Crippen molar-refractivity contribution >= 4 is 16.5 Å². The topological polar surface area (TPSA) is 69.4 Å². The molecule has 0 aliphatic rings. The summed E-state index contributed by atoms with van der Waals surface area (Å²) in [5.74, 6) is 6.77. The summed E-state index contributed by atoms with van der Waals surface area (Å²) < 4.78 is 10.5. The number of thiazole rings is 1. The van der Waals surface area contributed by atoms with Crippen molar-refractivity contribution in [2.45, 2.75) is 0 Å². The summed E-state index contributed by atoms with van der Waals surface area (Å²) in [6.07, 6.45) is 0. The maximum atomic E-state index is 5.32. The number of hydrogen-bond acceptors (Lipinski definition) is 6. The number of hydrazine groups is 1. The molecule has 1 aromatic heterocycles. The Kier molecular flexibility index (Phi) is 3.46. The molecule has 0 radical (unpaired) electrons. The fraction of sp³-hybridized carbons (Fsp3) is 0.182. The number of nitrogens with one attached hydrogen (secondary N) is 1. The van der Waals surface area contributed by atoms with Crippen LogP contribution in [0, 0.1) is 0 Å². The Morgan fingerprint density at radius 3 is 2.71 bits per heavy atom. The lowest BCUT2D eigenvalue weighted by Gasteiger charge is -2.08. The molecular formula is C11H13N3O2S. The summed E-state index contributed by atoms with van der Waals surface area (Å²) in [4.78, 5) is 4.32. The van der Waals surface area contributed by atoms with Crippen molar-refractivity contribution in [3.63, 3.8) is 0 Å². The molecule has 90 valence electrons. The molecule has 0 bridgehead atoms. The second-order valence-corrected chi connectivity index (χ2v) is 4.11. The molecular weight excluding hydrogens is 238 g/mol. The van der Waals surface area contributed by atoms with E-state index in [1.54, 1.807) is 14.2 Å². The molecule has 17 heavy (non-hydrogen) atoms. The molecule has 0 aliphatic heterocycles. The van der Waals surface area contributed by atoms with E-state index in [0.29, 0.717) is 5.13 Å². The van der Waals surface area contributed by atoms with Gasteiger partial charge in [-0.15, -0.1) is 11.3 Å². The van der Waals surface area contributed by atoms with Crippen LogP contribution in [0.5, 0.6) is 11.5 Å². The SMILES string of the molecule is COc1ccc(-c2csc(NN)n2)c(OC)c1. The van der Waals surface area contributed by atoms with Gasteiger partial charge in [0.15, 0.2) is 5.13 Å². The van der Waals surface area contributed by atoms with Crippen LogP contribution in [-0.2, 0) is 0 Å². The van der Waals surface area contributed by atoms with Gasteiger partial charge in [-0.2, -0.15) is 0 Å². The number of rotatable bonds is 4. The van der Waals surface area contributed by atoms with Crippen LogP contribution in [0.1, 0.15) is 0 Å². The van der Waals surface area contributed by atoms with Crippen LogP contribution in [0.15, 0.2) is 23.6 Å². The largest absolute Gasteiger partial charge is 0.497 e. The predicted molar refractivity (Wildman–Crippen MR) is 68.5 cm³/mol. The van der Waals surface area contributed by atoms with Crippen LogP contribution in [0.4, 0.5) is 5.13 Å². The molecule has 0 saturated heterocycles. The van der Waals surface area contributed by atoms with E-state index in [4.69, 9.17) is 15.3 Å². The van der Waals surface area contributed by atoms with Gasteiger partial charge in [-0.1, -0.05) is 0 Å². The van der Waals surface area contributed by atoms with Crippen LogP contribution >= 0.6 is 11.3 Å². The smallest absolute Gasteiger partial charge is 0.197 e. The highest BCUT2D eigenvalue weighted by Gasteiger charge is 2.10. The first-order chi connectivity index (χ1) is 8.28. The molecule has 2 rings (SSSR count). The van der Waals surface area contributed by atoms with Crippen molar-refractivity contribution in [1.29, 1.82) is 0 Å². The summed E-state index contributed by atoms with van der Waals surface area (Å²) >= 11 is 1.44. The van der Waals surface area contributed by atoms with Crippen molar-refractivity contribution in [1.82, 2.24) is 4.98 Å². The van der Waals surface area contributed by atoms with E-state index in [2.05, 4.69) is 10.4 Å².